The van der Waals surface area contributed by atoms with Crippen LogP contribution in [0.4, 0.5) is 0 Å². The van der Waals surface area contributed by atoms with E-state index in [0.29, 0.717) is 11.4 Å². The zero-order valence-electron chi connectivity index (χ0n) is 7.75. The van der Waals surface area contributed by atoms with Gasteiger partial charge in [0.2, 0.25) is 0 Å². The minimum Gasteiger partial charge on any atom is -0.299 e. The molecule has 0 unspecified atom stereocenters. The van der Waals surface area contributed by atoms with Crippen molar-refractivity contribution in [3.63, 3.8) is 0 Å². The lowest BCUT2D eigenvalue weighted by Gasteiger charge is -2.04. The molecule has 1 aromatic heterocycles. The molecular formula is C10H12ClNO. The molecule has 2 nitrogen and oxygen atoms in total. The van der Waals surface area contributed by atoms with Crippen molar-refractivity contribution in [3.8, 4) is 0 Å². The van der Waals surface area contributed by atoms with Crippen LogP contribution in [-0.2, 0) is 11.2 Å². The average Bonchev–Trinajstić information content (AvgIpc) is 2.08. The summed E-state index contributed by atoms with van der Waals surface area (Å²) in [7, 11) is 0. The highest BCUT2D eigenvalue weighted by Crippen LogP contribution is 2.15. The topological polar surface area (TPSA) is 30.0 Å². The normalized spacial score (nSPS) is 10.5. The molecule has 0 atom stereocenters. The van der Waals surface area contributed by atoms with E-state index in [1.807, 2.05) is 13.8 Å². The molecule has 1 heterocycles. The molecule has 13 heavy (non-hydrogen) atoms. The van der Waals surface area contributed by atoms with Crippen LogP contribution in [-0.4, -0.2) is 10.8 Å². The Balaban J connectivity index is 2.75. The molecule has 1 rings (SSSR count). The molecule has 3 heteroatoms. The van der Waals surface area contributed by atoms with Gasteiger partial charge in [0.1, 0.15) is 5.78 Å². The van der Waals surface area contributed by atoms with E-state index < -0.39 is 0 Å². The van der Waals surface area contributed by atoms with E-state index in [2.05, 4.69) is 4.98 Å². The number of carbonyl (C=O) groups excluding carboxylic acids is 1. The van der Waals surface area contributed by atoms with Gasteiger partial charge in [0, 0.05) is 24.7 Å². The molecule has 0 amide bonds. The van der Waals surface area contributed by atoms with Crippen LogP contribution >= 0.6 is 11.6 Å². The van der Waals surface area contributed by atoms with Crippen LogP contribution in [0.3, 0.4) is 0 Å². The predicted octanol–water partition coefficient (Wildman–Crippen LogP) is 2.50. The lowest BCUT2D eigenvalue weighted by molar-refractivity contribution is -0.121. The molecule has 0 aliphatic rings. The summed E-state index contributed by atoms with van der Waals surface area (Å²) in [6.07, 6.45) is 3.61. The summed E-state index contributed by atoms with van der Waals surface area (Å²) in [5, 5.41) is 0.566. The van der Waals surface area contributed by atoms with Crippen molar-refractivity contribution >= 4 is 17.4 Å². The van der Waals surface area contributed by atoms with E-state index in [-0.39, 0.29) is 11.7 Å². The van der Waals surface area contributed by atoms with Crippen molar-refractivity contribution in [1.82, 2.24) is 4.98 Å². The fourth-order valence-corrected chi connectivity index (χ4v) is 1.13. The molecule has 0 N–H and O–H groups in total. The monoisotopic (exact) mass is 197 g/mol. The Hall–Kier alpha value is -0.890. The molecule has 0 spiro atoms. The number of halogens is 1. The molecule has 0 aliphatic carbocycles. The highest BCUT2D eigenvalue weighted by atomic mass is 35.5. The van der Waals surface area contributed by atoms with Crippen LogP contribution < -0.4 is 0 Å². The van der Waals surface area contributed by atoms with Crippen molar-refractivity contribution in [2.45, 2.75) is 20.3 Å². The number of Topliss-reactive ketones (excluding diaryl/α,β-unsaturated/α-hetero) is 1. The number of hydrogen-bond acceptors (Lipinski definition) is 2. The maximum absolute atomic E-state index is 11.4. The molecule has 0 aliphatic heterocycles. The molecular weight excluding hydrogens is 186 g/mol. The van der Waals surface area contributed by atoms with Gasteiger partial charge in [0.05, 0.1) is 5.02 Å². The van der Waals surface area contributed by atoms with Gasteiger partial charge >= 0.3 is 0 Å². The zero-order valence-corrected chi connectivity index (χ0v) is 8.51. The molecule has 0 saturated heterocycles. The van der Waals surface area contributed by atoms with Gasteiger partial charge in [-0.3, -0.25) is 9.78 Å². The maximum Gasteiger partial charge on any atom is 0.139 e. The third kappa shape index (κ3) is 2.81. The summed E-state index contributed by atoms with van der Waals surface area (Å²) in [6, 6.07) is 1.78. The zero-order chi connectivity index (χ0) is 9.84. The van der Waals surface area contributed by atoms with Crippen LogP contribution in [0.25, 0.3) is 0 Å². The van der Waals surface area contributed by atoms with Gasteiger partial charge in [0.15, 0.2) is 0 Å². The number of ketones is 1. The summed E-state index contributed by atoms with van der Waals surface area (Å²) in [5.74, 6) is 0.261. The largest absolute Gasteiger partial charge is 0.299 e. The van der Waals surface area contributed by atoms with E-state index in [0.717, 1.165) is 5.56 Å². The second-order valence-corrected chi connectivity index (χ2v) is 3.67. The summed E-state index contributed by atoms with van der Waals surface area (Å²) in [5.41, 5.74) is 0.857. The maximum atomic E-state index is 11.4. The second kappa shape index (κ2) is 4.38. The summed E-state index contributed by atoms with van der Waals surface area (Å²) in [4.78, 5) is 15.2. The van der Waals surface area contributed by atoms with Crippen LogP contribution in [0.1, 0.15) is 19.4 Å². The highest BCUT2D eigenvalue weighted by Gasteiger charge is 2.09. The molecule has 0 fully saturated rings. The van der Waals surface area contributed by atoms with Gasteiger partial charge < -0.3 is 0 Å². The van der Waals surface area contributed by atoms with Crippen molar-refractivity contribution in [3.05, 3.63) is 29.0 Å². The fraction of sp³-hybridized carbons (Fsp3) is 0.400. The van der Waals surface area contributed by atoms with Gasteiger partial charge in [0.25, 0.3) is 0 Å². The molecule has 0 saturated carbocycles. The van der Waals surface area contributed by atoms with Gasteiger partial charge in [-0.15, -0.1) is 0 Å². The predicted molar refractivity (Wildman–Crippen MR) is 52.8 cm³/mol. The van der Waals surface area contributed by atoms with Gasteiger partial charge in [-0.25, -0.2) is 0 Å². The standard InChI is InChI=1S/C10H12ClNO/c1-7(2)10(13)5-8-3-4-12-6-9(8)11/h3-4,6-7H,5H2,1-2H3. The van der Waals surface area contributed by atoms with Crippen molar-refractivity contribution in [1.29, 1.82) is 0 Å². The Labute approximate surface area is 82.9 Å². The van der Waals surface area contributed by atoms with Crippen LogP contribution in [0.5, 0.6) is 0 Å². The lowest BCUT2D eigenvalue weighted by atomic mass is 10.0. The number of hydrogen-bond donors (Lipinski definition) is 0. The second-order valence-electron chi connectivity index (χ2n) is 3.26. The van der Waals surface area contributed by atoms with Crippen molar-refractivity contribution in [2.75, 3.05) is 0 Å². The first-order valence-corrected chi connectivity index (χ1v) is 4.60. The smallest absolute Gasteiger partial charge is 0.139 e. The number of pyridine rings is 1. The Morgan fingerprint density at radius 2 is 2.31 bits per heavy atom. The Morgan fingerprint density at radius 1 is 1.62 bits per heavy atom. The van der Waals surface area contributed by atoms with Crippen LogP contribution in [0.15, 0.2) is 18.5 Å². The lowest BCUT2D eigenvalue weighted by Crippen LogP contribution is -2.10. The van der Waals surface area contributed by atoms with Gasteiger partial charge in [-0.05, 0) is 11.6 Å². The highest BCUT2D eigenvalue weighted by molar-refractivity contribution is 6.31. The first-order chi connectivity index (χ1) is 6.11. The van der Waals surface area contributed by atoms with Crippen molar-refractivity contribution < 1.29 is 4.79 Å². The van der Waals surface area contributed by atoms with E-state index in [1.54, 1.807) is 18.5 Å². The minimum atomic E-state index is 0.0595. The minimum absolute atomic E-state index is 0.0595. The Kier molecular flexibility index (Phi) is 3.43. The Bertz CT molecular complexity index is 310. The molecule has 0 aromatic carbocycles. The summed E-state index contributed by atoms with van der Waals surface area (Å²) < 4.78 is 0. The number of carbonyl (C=O) groups is 1. The van der Waals surface area contributed by atoms with Crippen LogP contribution in [0.2, 0.25) is 5.02 Å². The third-order valence-corrected chi connectivity index (χ3v) is 2.21. The Morgan fingerprint density at radius 3 is 2.85 bits per heavy atom. The molecule has 0 radical (unpaired) electrons. The van der Waals surface area contributed by atoms with E-state index in [4.69, 9.17) is 11.6 Å². The number of nitrogens with zero attached hydrogens (tertiary/aromatic N) is 1. The first kappa shape index (κ1) is 10.2. The number of aromatic nitrogens is 1. The van der Waals surface area contributed by atoms with E-state index in [9.17, 15) is 4.79 Å². The summed E-state index contributed by atoms with van der Waals surface area (Å²) >= 11 is 5.86. The average molecular weight is 198 g/mol. The van der Waals surface area contributed by atoms with E-state index in [1.165, 1.54) is 0 Å². The van der Waals surface area contributed by atoms with Gasteiger partial charge in [-0.2, -0.15) is 0 Å². The quantitative estimate of drug-likeness (QED) is 0.746. The molecule has 0 bridgehead atoms. The van der Waals surface area contributed by atoms with Gasteiger partial charge in [-0.1, -0.05) is 25.4 Å². The molecule has 70 valence electrons. The molecule has 1 aromatic rings. The number of rotatable bonds is 3. The fourth-order valence-electron chi connectivity index (χ4n) is 0.939. The van der Waals surface area contributed by atoms with Crippen molar-refractivity contribution in [2.24, 2.45) is 5.92 Å². The SMILES string of the molecule is CC(C)C(=O)Cc1ccncc1Cl. The first-order valence-electron chi connectivity index (χ1n) is 4.22. The van der Waals surface area contributed by atoms with E-state index >= 15 is 0 Å². The third-order valence-electron chi connectivity index (χ3n) is 1.87. The summed E-state index contributed by atoms with van der Waals surface area (Å²) in [6.45, 7) is 3.77. The van der Waals surface area contributed by atoms with Crippen LogP contribution in [0, 0.1) is 5.92 Å².